The molecule has 224 valence electrons. The van der Waals surface area contributed by atoms with Crippen molar-refractivity contribution < 1.29 is 18.0 Å². The number of nitrogens with zero attached hydrogens (tertiary/aromatic N) is 2. The Balaban J connectivity index is 1.79. The molecule has 7 nitrogen and oxygen atoms in total. The average Bonchev–Trinajstić information content (AvgIpc) is 3.02. The van der Waals surface area contributed by atoms with Crippen LogP contribution in [0, 0.1) is 6.92 Å². The molecule has 0 fully saturated rings. The Hall–Kier alpha value is -4.14. The Bertz CT molecular complexity index is 1610. The van der Waals surface area contributed by atoms with Gasteiger partial charge in [0.2, 0.25) is 11.8 Å². The minimum atomic E-state index is -4.20. The second-order valence-corrected chi connectivity index (χ2v) is 12.5. The zero-order valence-corrected chi connectivity index (χ0v) is 25.9. The third-order valence-electron chi connectivity index (χ3n) is 7.03. The van der Waals surface area contributed by atoms with Crippen molar-refractivity contribution in [3.05, 3.63) is 131 Å². The molecule has 4 rings (SSSR count). The van der Waals surface area contributed by atoms with Gasteiger partial charge in [0.25, 0.3) is 10.0 Å². The van der Waals surface area contributed by atoms with Crippen LogP contribution < -0.4 is 9.62 Å². The minimum Gasteiger partial charge on any atom is -0.354 e. The normalized spacial score (nSPS) is 11.9. The van der Waals surface area contributed by atoms with Gasteiger partial charge in [-0.05, 0) is 48.7 Å². The predicted octanol–water partition coefficient (Wildman–Crippen LogP) is 6.01. The molecule has 43 heavy (non-hydrogen) atoms. The number of amides is 2. The van der Waals surface area contributed by atoms with Gasteiger partial charge in [-0.15, -0.1) is 0 Å². The summed E-state index contributed by atoms with van der Waals surface area (Å²) in [5, 5.41) is 3.13. The van der Waals surface area contributed by atoms with E-state index in [0.717, 1.165) is 27.4 Å². The predicted molar refractivity (Wildman–Crippen MR) is 171 cm³/mol. The molecule has 1 atom stereocenters. The molecule has 0 aliphatic rings. The number of nitrogens with one attached hydrogen (secondary N) is 1. The first-order chi connectivity index (χ1) is 20.7. The second kappa shape index (κ2) is 14.8. The lowest BCUT2D eigenvalue weighted by atomic mass is 10.0. The van der Waals surface area contributed by atoms with Gasteiger partial charge in [0.05, 0.1) is 15.6 Å². The zero-order chi connectivity index (χ0) is 30.8. The van der Waals surface area contributed by atoms with Crippen molar-refractivity contribution in [2.75, 3.05) is 17.4 Å². The van der Waals surface area contributed by atoms with Crippen molar-refractivity contribution in [1.29, 1.82) is 0 Å². The maximum atomic E-state index is 14.4. The summed E-state index contributed by atoms with van der Waals surface area (Å²) in [6.45, 7) is 3.93. The summed E-state index contributed by atoms with van der Waals surface area (Å²) < 4.78 is 29.0. The average molecular weight is 618 g/mol. The highest BCUT2D eigenvalue weighted by Crippen LogP contribution is 2.31. The first kappa shape index (κ1) is 31.8. The summed E-state index contributed by atoms with van der Waals surface area (Å²) in [6, 6.07) is 30.7. The molecule has 0 saturated heterocycles. The van der Waals surface area contributed by atoms with E-state index in [2.05, 4.69) is 5.32 Å². The van der Waals surface area contributed by atoms with Crippen LogP contribution in [0.3, 0.4) is 0 Å². The van der Waals surface area contributed by atoms with Gasteiger partial charge in [0.1, 0.15) is 12.6 Å². The fourth-order valence-electron chi connectivity index (χ4n) is 4.70. The molecule has 0 radical (unpaired) electrons. The van der Waals surface area contributed by atoms with Gasteiger partial charge in [-0.3, -0.25) is 13.9 Å². The van der Waals surface area contributed by atoms with E-state index in [1.807, 2.05) is 68.4 Å². The number of rotatable bonds is 13. The molecule has 0 bridgehead atoms. The maximum absolute atomic E-state index is 14.4. The molecular formula is C34H36ClN3O4S. The Kier molecular flexibility index (Phi) is 11.0. The molecule has 0 aliphatic heterocycles. The highest BCUT2D eigenvalue weighted by atomic mass is 35.5. The second-order valence-electron chi connectivity index (χ2n) is 10.3. The standard InChI is InChI=1S/C34H36ClN3O4S/c1-3-22-36-34(40)32(23-27-12-6-4-7-13-27)37(24-28-20-18-26(2)19-21-28)33(39)25-38(31-17-11-10-16-30(31)35)43(41,42)29-14-8-5-9-15-29/h4-21,32H,3,22-25H2,1-2H3,(H,36,40). The number of carbonyl (C=O) groups is 2. The summed E-state index contributed by atoms with van der Waals surface area (Å²) in [4.78, 5) is 29.6. The molecule has 4 aromatic rings. The zero-order valence-electron chi connectivity index (χ0n) is 24.3. The van der Waals surface area contributed by atoms with Crippen LogP contribution in [0.1, 0.15) is 30.0 Å². The summed E-state index contributed by atoms with van der Waals surface area (Å²) in [6.07, 6.45) is 0.983. The fourth-order valence-corrected chi connectivity index (χ4v) is 6.44. The molecule has 0 spiro atoms. The number of benzene rings is 4. The summed E-state index contributed by atoms with van der Waals surface area (Å²) >= 11 is 6.50. The van der Waals surface area contributed by atoms with Crippen molar-refractivity contribution in [1.82, 2.24) is 10.2 Å². The van der Waals surface area contributed by atoms with Gasteiger partial charge in [0.15, 0.2) is 0 Å². The lowest BCUT2D eigenvalue weighted by Gasteiger charge is -2.34. The summed E-state index contributed by atoms with van der Waals surface area (Å²) in [5.41, 5.74) is 2.92. The molecule has 0 heterocycles. The topological polar surface area (TPSA) is 86.8 Å². The van der Waals surface area contributed by atoms with E-state index in [4.69, 9.17) is 11.6 Å². The first-order valence-electron chi connectivity index (χ1n) is 14.2. The number of hydrogen-bond acceptors (Lipinski definition) is 4. The molecule has 0 saturated carbocycles. The highest BCUT2D eigenvalue weighted by Gasteiger charge is 2.35. The molecule has 2 amide bonds. The fraction of sp³-hybridized carbons (Fsp3) is 0.235. The van der Waals surface area contributed by atoms with E-state index < -0.39 is 28.5 Å². The lowest BCUT2D eigenvalue weighted by Crippen LogP contribution is -2.53. The largest absolute Gasteiger partial charge is 0.354 e. The molecule has 1 N–H and O–H groups in total. The van der Waals surface area contributed by atoms with Crippen LogP contribution in [-0.2, 0) is 32.6 Å². The molecule has 9 heteroatoms. The van der Waals surface area contributed by atoms with Gasteiger partial charge in [-0.25, -0.2) is 8.42 Å². The van der Waals surface area contributed by atoms with Crippen LogP contribution in [0.25, 0.3) is 0 Å². The van der Waals surface area contributed by atoms with E-state index in [0.29, 0.717) is 6.54 Å². The van der Waals surface area contributed by atoms with Crippen LogP contribution >= 0.6 is 11.6 Å². The quantitative estimate of drug-likeness (QED) is 0.199. The monoisotopic (exact) mass is 617 g/mol. The molecule has 0 aliphatic carbocycles. The van der Waals surface area contributed by atoms with Crippen molar-refractivity contribution in [3.8, 4) is 0 Å². The number of aryl methyl sites for hydroxylation is 1. The van der Waals surface area contributed by atoms with Crippen molar-refractivity contribution >= 4 is 39.1 Å². The van der Waals surface area contributed by atoms with Gasteiger partial charge >= 0.3 is 0 Å². The summed E-state index contributed by atoms with van der Waals surface area (Å²) in [7, 11) is -4.20. The number of halogens is 1. The number of hydrogen-bond donors (Lipinski definition) is 1. The number of para-hydroxylation sites is 1. The minimum absolute atomic E-state index is 0.0225. The maximum Gasteiger partial charge on any atom is 0.264 e. The molecule has 4 aromatic carbocycles. The van der Waals surface area contributed by atoms with Crippen LogP contribution in [0.5, 0.6) is 0 Å². The Morgan fingerprint density at radius 1 is 0.814 bits per heavy atom. The third-order valence-corrected chi connectivity index (χ3v) is 9.12. The Morgan fingerprint density at radius 2 is 1.42 bits per heavy atom. The smallest absolute Gasteiger partial charge is 0.264 e. The Morgan fingerprint density at radius 3 is 2.05 bits per heavy atom. The molecular weight excluding hydrogens is 582 g/mol. The number of anilines is 1. The van der Waals surface area contributed by atoms with Gasteiger partial charge in [-0.1, -0.05) is 109 Å². The molecule has 1 unspecified atom stereocenters. The first-order valence-corrected chi connectivity index (χ1v) is 16.0. The summed E-state index contributed by atoms with van der Waals surface area (Å²) in [5.74, 6) is -0.839. The third kappa shape index (κ3) is 8.24. The van der Waals surface area contributed by atoms with Crippen molar-refractivity contribution in [2.24, 2.45) is 0 Å². The van der Waals surface area contributed by atoms with E-state index in [-0.39, 0.29) is 34.5 Å². The lowest BCUT2D eigenvalue weighted by molar-refractivity contribution is -0.140. The number of carbonyl (C=O) groups excluding carboxylic acids is 2. The van der Waals surface area contributed by atoms with Gasteiger partial charge < -0.3 is 10.2 Å². The van der Waals surface area contributed by atoms with Gasteiger partial charge in [0, 0.05) is 19.5 Å². The van der Waals surface area contributed by atoms with Crippen LogP contribution in [0.15, 0.2) is 114 Å². The van der Waals surface area contributed by atoms with E-state index in [1.54, 1.807) is 42.5 Å². The van der Waals surface area contributed by atoms with Crippen LogP contribution in [0.4, 0.5) is 5.69 Å². The van der Waals surface area contributed by atoms with E-state index in [9.17, 15) is 18.0 Å². The highest BCUT2D eigenvalue weighted by molar-refractivity contribution is 7.92. The van der Waals surface area contributed by atoms with E-state index >= 15 is 0 Å². The van der Waals surface area contributed by atoms with Crippen molar-refractivity contribution in [3.63, 3.8) is 0 Å². The Labute approximate surface area is 259 Å². The molecule has 0 aromatic heterocycles. The van der Waals surface area contributed by atoms with Gasteiger partial charge in [-0.2, -0.15) is 0 Å². The SMILES string of the molecule is CCCNC(=O)C(Cc1ccccc1)N(Cc1ccc(C)cc1)C(=O)CN(c1ccccc1Cl)S(=O)(=O)c1ccccc1. The van der Waals surface area contributed by atoms with Crippen LogP contribution in [0.2, 0.25) is 5.02 Å². The van der Waals surface area contributed by atoms with E-state index in [1.165, 1.54) is 17.0 Å². The number of sulfonamides is 1. The van der Waals surface area contributed by atoms with Crippen LogP contribution in [-0.4, -0.2) is 44.3 Å². The van der Waals surface area contributed by atoms with Crippen molar-refractivity contribution in [2.45, 2.75) is 44.2 Å².